The Morgan fingerprint density at radius 2 is 1.92 bits per heavy atom. The summed E-state index contributed by atoms with van der Waals surface area (Å²) in [5.74, 6) is -0.518. The summed E-state index contributed by atoms with van der Waals surface area (Å²) < 4.78 is 16.7. The van der Waals surface area contributed by atoms with E-state index in [0.717, 1.165) is 0 Å². The number of rotatable bonds is 0. The van der Waals surface area contributed by atoms with Crippen molar-refractivity contribution in [3.8, 4) is 0 Å². The molecule has 0 aromatic heterocycles. The van der Waals surface area contributed by atoms with Crippen molar-refractivity contribution in [1.29, 1.82) is 0 Å². The van der Waals surface area contributed by atoms with Crippen molar-refractivity contribution in [3.63, 3.8) is 0 Å². The Bertz CT molecular complexity index is 240. The summed E-state index contributed by atoms with van der Waals surface area (Å²) >= 11 is 0. The number of ether oxygens (including phenoxy) is 3. The van der Waals surface area contributed by atoms with Crippen molar-refractivity contribution < 1.29 is 19.3 Å². The lowest BCUT2D eigenvalue weighted by Gasteiger charge is -2.22. The van der Waals surface area contributed by atoms with Gasteiger partial charge >= 0.3 is 0 Å². The van der Waals surface area contributed by atoms with E-state index in [9.17, 15) is 5.11 Å². The van der Waals surface area contributed by atoms with Crippen molar-refractivity contribution >= 4 is 0 Å². The van der Waals surface area contributed by atoms with Crippen molar-refractivity contribution in [3.05, 3.63) is 0 Å². The molecule has 3 fully saturated rings. The van der Waals surface area contributed by atoms with Gasteiger partial charge in [-0.15, -0.1) is 0 Å². The first-order chi connectivity index (χ1) is 6.07. The van der Waals surface area contributed by atoms with Gasteiger partial charge in [-0.1, -0.05) is 0 Å². The van der Waals surface area contributed by atoms with Gasteiger partial charge in [0.2, 0.25) is 0 Å². The summed E-state index contributed by atoms with van der Waals surface area (Å²) in [6.45, 7) is 3.80. The molecule has 5 atom stereocenters. The van der Waals surface area contributed by atoms with Crippen molar-refractivity contribution in [2.75, 3.05) is 0 Å². The van der Waals surface area contributed by atoms with Gasteiger partial charge in [-0.05, 0) is 13.8 Å². The second kappa shape index (κ2) is 2.25. The summed E-state index contributed by atoms with van der Waals surface area (Å²) in [6.07, 6.45) is 0.366. The Labute approximate surface area is 76.8 Å². The molecule has 2 aliphatic heterocycles. The highest BCUT2D eigenvalue weighted by atomic mass is 16.8. The van der Waals surface area contributed by atoms with Crippen molar-refractivity contribution in [2.45, 2.75) is 56.6 Å². The maximum atomic E-state index is 9.58. The molecule has 0 aromatic carbocycles. The zero-order valence-corrected chi connectivity index (χ0v) is 7.77. The Hall–Kier alpha value is -0.160. The lowest BCUT2D eigenvalue weighted by Crippen LogP contribution is -2.40. The summed E-state index contributed by atoms with van der Waals surface area (Å²) in [5, 5.41) is 9.58. The lowest BCUT2D eigenvalue weighted by molar-refractivity contribution is -0.149. The van der Waals surface area contributed by atoms with Gasteiger partial charge in [0.1, 0.15) is 18.3 Å². The molecule has 1 aliphatic carbocycles. The molecule has 1 saturated carbocycles. The normalized spacial score (nSPS) is 57.0. The largest absolute Gasteiger partial charge is 0.390 e. The third-order valence-corrected chi connectivity index (χ3v) is 2.96. The van der Waals surface area contributed by atoms with Gasteiger partial charge in [-0.25, -0.2) is 0 Å². The number of aliphatic hydroxyl groups excluding tert-OH is 1. The number of hydrogen-bond acceptors (Lipinski definition) is 4. The molecule has 0 unspecified atom stereocenters. The third kappa shape index (κ3) is 1.13. The maximum absolute atomic E-state index is 9.58. The first kappa shape index (κ1) is 8.17. The average Bonchev–Trinajstić information content (AvgIpc) is 2.71. The van der Waals surface area contributed by atoms with Crippen molar-refractivity contribution in [2.24, 2.45) is 0 Å². The van der Waals surface area contributed by atoms with Crippen LogP contribution in [0.5, 0.6) is 0 Å². The van der Waals surface area contributed by atoms with Gasteiger partial charge in [0, 0.05) is 6.42 Å². The van der Waals surface area contributed by atoms with E-state index >= 15 is 0 Å². The molecule has 0 aromatic rings. The number of epoxide rings is 1. The molecule has 0 radical (unpaired) electrons. The highest BCUT2D eigenvalue weighted by Gasteiger charge is 2.61. The molecule has 2 heterocycles. The molecule has 2 saturated heterocycles. The smallest absolute Gasteiger partial charge is 0.163 e. The molecule has 0 amide bonds. The van der Waals surface area contributed by atoms with Crippen LogP contribution in [-0.2, 0) is 14.2 Å². The molecule has 74 valence electrons. The molecule has 3 rings (SSSR count). The Morgan fingerprint density at radius 1 is 1.15 bits per heavy atom. The molecule has 0 spiro atoms. The van der Waals surface area contributed by atoms with Gasteiger partial charge in [-0.2, -0.15) is 0 Å². The highest BCUT2D eigenvalue weighted by molar-refractivity contribution is 5.07. The van der Waals surface area contributed by atoms with E-state index in [2.05, 4.69) is 0 Å². The third-order valence-electron chi connectivity index (χ3n) is 2.96. The SMILES string of the molecule is CC1(C)O[C@H]2[C@H]3O[C@H]3[C@H](O)C[C@H]2O1. The molecule has 3 aliphatic rings. The fraction of sp³-hybridized carbons (Fsp3) is 1.00. The predicted molar refractivity (Wildman–Crippen MR) is 43.1 cm³/mol. The van der Waals surface area contributed by atoms with Crippen LogP contribution in [0.2, 0.25) is 0 Å². The standard InChI is InChI=1S/C9H14O4/c1-9(2)12-5-3-4(10)6-8(11-6)7(5)13-9/h4-8,10H,3H2,1-2H3/t4-,5-,6+,7-,8+/m1/s1. The second-order valence-corrected chi connectivity index (χ2v) is 4.51. The Kier molecular flexibility index (Phi) is 1.42. The van der Waals surface area contributed by atoms with Crippen LogP contribution < -0.4 is 0 Å². The van der Waals surface area contributed by atoms with E-state index < -0.39 is 5.79 Å². The van der Waals surface area contributed by atoms with Crippen LogP contribution in [0.4, 0.5) is 0 Å². The molecule has 4 nitrogen and oxygen atoms in total. The van der Waals surface area contributed by atoms with Crippen LogP contribution in [0, 0.1) is 0 Å². The lowest BCUT2D eigenvalue weighted by atomic mass is 9.93. The summed E-state index contributed by atoms with van der Waals surface area (Å²) in [4.78, 5) is 0. The van der Waals surface area contributed by atoms with E-state index in [4.69, 9.17) is 14.2 Å². The highest BCUT2D eigenvalue weighted by Crippen LogP contribution is 2.45. The Morgan fingerprint density at radius 3 is 2.69 bits per heavy atom. The minimum absolute atomic E-state index is 0.00116. The molecule has 4 heteroatoms. The van der Waals surface area contributed by atoms with Crippen LogP contribution in [-0.4, -0.2) is 41.4 Å². The molecule has 0 bridgehead atoms. The zero-order chi connectivity index (χ0) is 9.22. The van der Waals surface area contributed by atoms with E-state index in [1.165, 1.54) is 0 Å². The summed E-state index contributed by atoms with van der Waals surface area (Å²) in [7, 11) is 0. The average molecular weight is 186 g/mol. The van der Waals surface area contributed by atoms with Gasteiger partial charge in [0.15, 0.2) is 5.79 Å². The first-order valence-corrected chi connectivity index (χ1v) is 4.76. The summed E-state index contributed by atoms with van der Waals surface area (Å²) in [5.41, 5.74) is 0. The molecule has 13 heavy (non-hydrogen) atoms. The van der Waals surface area contributed by atoms with Gasteiger partial charge in [-0.3, -0.25) is 0 Å². The molecule has 1 N–H and O–H groups in total. The van der Waals surface area contributed by atoms with Crippen LogP contribution in [0.1, 0.15) is 20.3 Å². The monoisotopic (exact) mass is 186 g/mol. The van der Waals surface area contributed by atoms with Crippen LogP contribution in [0.3, 0.4) is 0 Å². The minimum Gasteiger partial charge on any atom is -0.390 e. The van der Waals surface area contributed by atoms with Gasteiger partial charge in [0.25, 0.3) is 0 Å². The number of hydrogen-bond donors (Lipinski definition) is 1. The van der Waals surface area contributed by atoms with E-state index in [0.29, 0.717) is 6.42 Å². The molecular weight excluding hydrogens is 172 g/mol. The zero-order valence-electron chi connectivity index (χ0n) is 7.77. The fourth-order valence-electron chi connectivity index (χ4n) is 2.41. The number of aliphatic hydroxyl groups is 1. The quantitative estimate of drug-likeness (QED) is 0.543. The number of fused-ring (bicyclic) bond motifs is 3. The van der Waals surface area contributed by atoms with E-state index in [-0.39, 0.29) is 30.5 Å². The Balaban J connectivity index is 1.81. The van der Waals surface area contributed by atoms with Crippen LogP contribution >= 0.6 is 0 Å². The summed E-state index contributed by atoms with van der Waals surface area (Å²) in [6, 6.07) is 0. The fourth-order valence-corrected chi connectivity index (χ4v) is 2.41. The van der Waals surface area contributed by atoms with Crippen molar-refractivity contribution in [1.82, 2.24) is 0 Å². The maximum Gasteiger partial charge on any atom is 0.163 e. The molecular formula is C9H14O4. The van der Waals surface area contributed by atoms with Gasteiger partial charge < -0.3 is 19.3 Å². The second-order valence-electron chi connectivity index (χ2n) is 4.51. The first-order valence-electron chi connectivity index (χ1n) is 4.76. The van der Waals surface area contributed by atoms with Crippen LogP contribution in [0.15, 0.2) is 0 Å². The van der Waals surface area contributed by atoms with Crippen LogP contribution in [0.25, 0.3) is 0 Å². The topological polar surface area (TPSA) is 51.2 Å². The van der Waals surface area contributed by atoms with Gasteiger partial charge in [0.05, 0.1) is 12.2 Å². The predicted octanol–water partition coefficient (Wildman–Crippen LogP) is 0.0385. The van der Waals surface area contributed by atoms with E-state index in [1.54, 1.807) is 0 Å². The van der Waals surface area contributed by atoms with E-state index in [1.807, 2.05) is 13.8 Å². The minimum atomic E-state index is -0.518.